The molecule has 0 saturated heterocycles. The van der Waals surface area contributed by atoms with Gasteiger partial charge in [0.05, 0.1) is 12.5 Å². The molecule has 6 atom stereocenters. The Hall–Kier alpha value is -3.46. The van der Waals surface area contributed by atoms with Gasteiger partial charge in [0.1, 0.15) is 24.2 Å². The number of guanidine groups is 1. The Bertz CT molecular complexity index is 785. The van der Waals surface area contributed by atoms with E-state index < -0.39 is 72.3 Å². The van der Waals surface area contributed by atoms with Crippen molar-refractivity contribution in [3.8, 4) is 0 Å². The lowest BCUT2D eigenvalue weighted by molar-refractivity contribution is -0.144. The number of carboxylic acids is 2. The van der Waals surface area contributed by atoms with Crippen LogP contribution in [0.25, 0.3) is 0 Å². The highest BCUT2D eigenvalue weighted by molar-refractivity contribution is 5.95. The van der Waals surface area contributed by atoms with Crippen LogP contribution in [0.15, 0.2) is 4.99 Å². The van der Waals surface area contributed by atoms with Crippen molar-refractivity contribution in [3.05, 3.63) is 0 Å². The number of hydrogen-bond donors (Lipinski definition) is 9. The quantitative estimate of drug-likeness (QED) is 0.0574. The highest BCUT2D eigenvalue weighted by atomic mass is 16.4. The summed E-state index contributed by atoms with van der Waals surface area (Å²) in [5, 5.41) is 35.0. The Balaban J connectivity index is 5.53. The molecule has 6 unspecified atom stereocenters. The smallest absolute Gasteiger partial charge is 0.326 e. The third-order valence-corrected chi connectivity index (χ3v) is 5.19. The first kappa shape index (κ1) is 31.5. The number of nitrogens with one attached hydrogen (secondary N) is 3. The molecule has 0 aromatic rings. The van der Waals surface area contributed by atoms with E-state index in [9.17, 15) is 39.3 Å². The van der Waals surface area contributed by atoms with Gasteiger partial charge in [0.2, 0.25) is 17.7 Å². The first-order valence-electron chi connectivity index (χ1n) is 11.1. The van der Waals surface area contributed by atoms with Gasteiger partial charge in [-0.3, -0.25) is 24.2 Å². The summed E-state index contributed by atoms with van der Waals surface area (Å²) in [7, 11) is 0. The number of carbonyl (C=O) groups excluding carboxylic acids is 3. The minimum Gasteiger partial charge on any atom is -0.481 e. The number of nitrogens with zero attached hydrogens (tertiary/aromatic N) is 1. The van der Waals surface area contributed by atoms with Gasteiger partial charge < -0.3 is 48.5 Å². The fraction of sp³-hybridized carbons (Fsp3) is 0.700. The first-order chi connectivity index (χ1) is 16.2. The van der Waals surface area contributed by atoms with E-state index in [0.29, 0.717) is 6.42 Å². The van der Waals surface area contributed by atoms with E-state index in [2.05, 4.69) is 20.9 Å². The van der Waals surface area contributed by atoms with Crippen LogP contribution in [0, 0.1) is 5.92 Å². The van der Waals surface area contributed by atoms with E-state index in [1.807, 2.05) is 0 Å². The van der Waals surface area contributed by atoms with Crippen molar-refractivity contribution >= 4 is 35.6 Å². The van der Waals surface area contributed by atoms with Gasteiger partial charge in [0, 0.05) is 6.54 Å². The van der Waals surface area contributed by atoms with Gasteiger partial charge >= 0.3 is 11.9 Å². The molecule has 0 aliphatic heterocycles. The van der Waals surface area contributed by atoms with Crippen LogP contribution < -0.4 is 33.2 Å². The molecule has 0 bridgehead atoms. The molecular formula is C20H37N7O8. The normalized spacial score (nSPS) is 15.9. The van der Waals surface area contributed by atoms with Gasteiger partial charge in [-0.1, -0.05) is 20.3 Å². The van der Waals surface area contributed by atoms with Gasteiger partial charge in [-0.05, 0) is 25.7 Å². The highest BCUT2D eigenvalue weighted by Crippen LogP contribution is 2.10. The zero-order chi connectivity index (χ0) is 27.3. The average Bonchev–Trinajstić information content (AvgIpc) is 2.76. The summed E-state index contributed by atoms with van der Waals surface area (Å²) in [6.45, 7) is 4.79. The Labute approximate surface area is 202 Å². The Morgan fingerprint density at radius 3 is 1.94 bits per heavy atom. The van der Waals surface area contributed by atoms with Crippen molar-refractivity contribution in [2.75, 3.05) is 6.54 Å². The Kier molecular flexibility index (Phi) is 13.9. The van der Waals surface area contributed by atoms with E-state index in [1.54, 1.807) is 13.8 Å². The molecule has 0 fully saturated rings. The summed E-state index contributed by atoms with van der Waals surface area (Å²) in [4.78, 5) is 64.4. The number of nitrogens with two attached hydrogens (primary N) is 3. The number of aliphatic imine (C=N–C) groups is 1. The lowest BCUT2D eigenvalue weighted by atomic mass is 9.97. The number of aliphatic hydroxyl groups excluding tert-OH is 1. The molecule has 0 saturated carbocycles. The van der Waals surface area contributed by atoms with Crippen molar-refractivity contribution in [1.29, 1.82) is 0 Å². The van der Waals surface area contributed by atoms with Crippen LogP contribution in [0.4, 0.5) is 0 Å². The van der Waals surface area contributed by atoms with Crippen LogP contribution in [-0.4, -0.2) is 87.8 Å². The van der Waals surface area contributed by atoms with E-state index in [-0.39, 0.29) is 25.3 Å². The number of aliphatic carboxylic acids is 2. The lowest BCUT2D eigenvalue weighted by Crippen LogP contribution is -2.59. The predicted molar refractivity (Wildman–Crippen MR) is 125 cm³/mol. The summed E-state index contributed by atoms with van der Waals surface area (Å²) >= 11 is 0. The zero-order valence-corrected chi connectivity index (χ0v) is 20.1. The molecule has 0 aliphatic carbocycles. The molecule has 0 rings (SSSR count). The van der Waals surface area contributed by atoms with Crippen LogP contribution in [-0.2, 0) is 24.0 Å². The topological polar surface area (TPSA) is 273 Å². The summed E-state index contributed by atoms with van der Waals surface area (Å²) in [5.41, 5.74) is 16.0. The van der Waals surface area contributed by atoms with Crippen LogP contribution in [0.1, 0.15) is 46.5 Å². The van der Waals surface area contributed by atoms with E-state index in [4.69, 9.17) is 17.2 Å². The number of carbonyl (C=O) groups is 5. The van der Waals surface area contributed by atoms with Crippen LogP contribution in [0.5, 0.6) is 0 Å². The van der Waals surface area contributed by atoms with Crippen molar-refractivity contribution in [2.24, 2.45) is 28.1 Å². The van der Waals surface area contributed by atoms with E-state index >= 15 is 0 Å². The number of rotatable bonds is 16. The van der Waals surface area contributed by atoms with Crippen molar-refractivity contribution in [2.45, 2.75) is 76.7 Å². The van der Waals surface area contributed by atoms with E-state index in [1.165, 1.54) is 6.92 Å². The number of hydrogen-bond acceptors (Lipinski definition) is 8. The highest BCUT2D eigenvalue weighted by Gasteiger charge is 2.33. The van der Waals surface area contributed by atoms with Crippen LogP contribution >= 0.6 is 0 Å². The third kappa shape index (κ3) is 12.0. The van der Waals surface area contributed by atoms with E-state index in [0.717, 1.165) is 0 Å². The molecule has 0 radical (unpaired) electrons. The van der Waals surface area contributed by atoms with Crippen LogP contribution in [0.3, 0.4) is 0 Å². The molecule has 15 heteroatoms. The largest absolute Gasteiger partial charge is 0.481 e. The second kappa shape index (κ2) is 15.4. The molecule has 0 heterocycles. The standard InChI is InChI=1S/C20H37N7O8/c1-4-9(2)15(27-17(32)14(21)10(3)28)18(33)26-12(8-13(29)30)16(31)25-11(19(34)35)6-5-7-24-20(22)23/h9-12,14-15,28H,4-8,21H2,1-3H3,(H,25,31)(H,26,33)(H,27,32)(H,29,30)(H,34,35)(H4,22,23,24). The first-order valence-corrected chi connectivity index (χ1v) is 11.1. The van der Waals surface area contributed by atoms with Crippen LogP contribution in [0.2, 0.25) is 0 Å². The average molecular weight is 504 g/mol. The van der Waals surface area contributed by atoms with Crippen molar-refractivity contribution in [1.82, 2.24) is 16.0 Å². The number of carboxylic acid groups (broad SMARTS) is 2. The fourth-order valence-electron chi connectivity index (χ4n) is 2.85. The molecule has 200 valence electrons. The van der Waals surface area contributed by atoms with Crippen molar-refractivity contribution in [3.63, 3.8) is 0 Å². The molecule has 3 amide bonds. The van der Waals surface area contributed by atoms with Gasteiger partial charge in [-0.25, -0.2) is 4.79 Å². The number of amides is 3. The summed E-state index contributed by atoms with van der Waals surface area (Å²) < 4.78 is 0. The SMILES string of the molecule is CCC(C)C(NC(=O)C(N)C(C)O)C(=O)NC(CC(=O)O)C(=O)NC(CCCN=C(N)N)C(=O)O. The molecule has 0 aromatic carbocycles. The molecule has 0 spiro atoms. The summed E-state index contributed by atoms with van der Waals surface area (Å²) in [5.74, 6) is -6.15. The van der Waals surface area contributed by atoms with Gasteiger partial charge in [-0.15, -0.1) is 0 Å². The number of aliphatic hydroxyl groups is 1. The summed E-state index contributed by atoms with van der Waals surface area (Å²) in [6, 6.07) is -5.54. The third-order valence-electron chi connectivity index (χ3n) is 5.19. The Morgan fingerprint density at radius 1 is 0.914 bits per heavy atom. The molecule has 0 aliphatic rings. The molecule has 15 nitrogen and oxygen atoms in total. The maximum absolute atomic E-state index is 12.9. The maximum atomic E-state index is 12.9. The predicted octanol–water partition coefficient (Wildman–Crippen LogP) is -3.19. The molecule has 35 heavy (non-hydrogen) atoms. The second-order valence-corrected chi connectivity index (χ2v) is 8.15. The zero-order valence-electron chi connectivity index (χ0n) is 20.1. The maximum Gasteiger partial charge on any atom is 0.326 e. The minimum absolute atomic E-state index is 0.0611. The molecular weight excluding hydrogens is 466 g/mol. The molecule has 0 aromatic heterocycles. The fourth-order valence-corrected chi connectivity index (χ4v) is 2.85. The Morgan fingerprint density at radius 2 is 1.49 bits per heavy atom. The summed E-state index contributed by atoms with van der Waals surface area (Å²) in [6.07, 6.45) is -1.46. The second-order valence-electron chi connectivity index (χ2n) is 8.15. The van der Waals surface area contributed by atoms with Gasteiger partial charge in [0.15, 0.2) is 5.96 Å². The van der Waals surface area contributed by atoms with Crippen molar-refractivity contribution < 1.29 is 39.3 Å². The monoisotopic (exact) mass is 503 g/mol. The van der Waals surface area contributed by atoms with Gasteiger partial charge in [-0.2, -0.15) is 0 Å². The van der Waals surface area contributed by atoms with Gasteiger partial charge in [0.25, 0.3) is 0 Å². The lowest BCUT2D eigenvalue weighted by Gasteiger charge is -2.28. The minimum atomic E-state index is -1.63. The molecule has 12 N–H and O–H groups in total.